The number of nitrogens with zero attached hydrogens (tertiary/aromatic N) is 1. The highest BCUT2D eigenvalue weighted by Gasteiger charge is 2.23. The molecule has 8 heteroatoms. The van der Waals surface area contributed by atoms with Gasteiger partial charge in [-0.15, -0.1) is 0 Å². The van der Waals surface area contributed by atoms with Gasteiger partial charge in [-0.3, -0.25) is 9.10 Å². The van der Waals surface area contributed by atoms with Gasteiger partial charge < -0.3 is 5.32 Å². The summed E-state index contributed by atoms with van der Waals surface area (Å²) in [5.41, 5.74) is 1.11. The first-order chi connectivity index (χ1) is 11.2. The average molecular weight is 371 g/mol. The van der Waals surface area contributed by atoms with E-state index in [2.05, 4.69) is 5.32 Å². The van der Waals surface area contributed by atoms with E-state index in [-0.39, 0.29) is 5.69 Å². The molecule has 0 unspecified atom stereocenters. The van der Waals surface area contributed by atoms with Crippen molar-refractivity contribution in [3.63, 3.8) is 0 Å². The van der Waals surface area contributed by atoms with E-state index in [0.717, 1.165) is 16.6 Å². The number of sulfonamides is 1. The molecule has 0 aliphatic rings. The van der Waals surface area contributed by atoms with E-state index in [4.69, 9.17) is 11.6 Å². The molecule has 0 heterocycles. The van der Waals surface area contributed by atoms with Crippen LogP contribution in [-0.2, 0) is 14.8 Å². The van der Waals surface area contributed by atoms with Gasteiger partial charge in [0, 0.05) is 10.7 Å². The Morgan fingerprint density at radius 3 is 2.54 bits per heavy atom. The van der Waals surface area contributed by atoms with Crippen LogP contribution in [0.2, 0.25) is 5.02 Å². The summed E-state index contributed by atoms with van der Waals surface area (Å²) < 4.78 is 38.3. The van der Waals surface area contributed by atoms with Crippen molar-refractivity contribution < 1.29 is 17.6 Å². The number of amides is 1. The molecule has 0 fully saturated rings. The van der Waals surface area contributed by atoms with E-state index < -0.39 is 28.3 Å². The number of carbonyl (C=O) groups is 1. The van der Waals surface area contributed by atoms with Crippen LogP contribution < -0.4 is 9.62 Å². The van der Waals surface area contributed by atoms with Crippen LogP contribution in [0.15, 0.2) is 42.5 Å². The highest BCUT2D eigenvalue weighted by molar-refractivity contribution is 7.92. The van der Waals surface area contributed by atoms with Gasteiger partial charge >= 0.3 is 0 Å². The molecule has 0 bridgehead atoms. The third-order valence-corrected chi connectivity index (χ3v) is 4.84. The number of halogens is 2. The minimum absolute atomic E-state index is 0.247. The Balaban J connectivity index is 2.27. The van der Waals surface area contributed by atoms with Gasteiger partial charge in [0.05, 0.1) is 11.9 Å². The summed E-state index contributed by atoms with van der Waals surface area (Å²) in [5.74, 6) is -1.09. The summed E-state index contributed by atoms with van der Waals surface area (Å²) in [6.45, 7) is 1.22. The lowest BCUT2D eigenvalue weighted by atomic mass is 10.2. The number of rotatable bonds is 5. The molecule has 1 N–H and O–H groups in total. The van der Waals surface area contributed by atoms with Crippen LogP contribution in [0, 0.1) is 12.7 Å². The monoisotopic (exact) mass is 370 g/mol. The fraction of sp³-hybridized carbons (Fsp3) is 0.188. The van der Waals surface area contributed by atoms with Gasteiger partial charge in [0.15, 0.2) is 0 Å². The molecule has 0 saturated heterocycles. The number of hydrogen-bond acceptors (Lipinski definition) is 3. The number of nitrogens with one attached hydrogen (secondary N) is 1. The third kappa shape index (κ3) is 4.46. The number of carbonyl (C=O) groups excluding carboxylic acids is 1. The highest BCUT2D eigenvalue weighted by atomic mass is 35.5. The van der Waals surface area contributed by atoms with Gasteiger partial charge in [0.2, 0.25) is 15.9 Å². The van der Waals surface area contributed by atoms with Gasteiger partial charge in [-0.2, -0.15) is 0 Å². The largest absolute Gasteiger partial charge is 0.324 e. The zero-order valence-corrected chi connectivity index (χ0v) is 14.7. The van der Waals surface area contributed by atoms with Crippen LogP contribution in [0.1, 0.15) is 5.56 Å². The van der Waals surface area contributed by atoms with Crippen molar-refractivity contribution in [3.8, 4) is 0 Å². The second-order valence-corrected chi connectivity index (χ2v) is 7.53. The Hall–Kier alpha value is -2.12. The van der Waals surface area contributed by atoms with Crippen LogP contribution in [-0.4, -0.2) is 27.1 Å². The number of anilines is 2. The van der Waals surface area contributed by atoms with Gasteiger partial charge in [-0.1, -0.05) is 23.7 Å². The van der Waals surface area contributed by atoms with Crippen LogP contribution in [0.5, 0.6) is 0 Å². The number of hydrogen-bond donors (Lipinski definition) is 1. The Morgan fingerprint density at radius 1 is 1.25 bits per heavy atom. The Bertz CT molecular complexity index is 871. The van der Waals surface area contributed by atoms with E-state index in [1.165, 1.54) is 18.2 Å². The summed E-state index contributed by atoms with van der Waals surface area (Å²) in [5, 5.41) is 2.87. The fourth-order valence-electron chi connectivity index (χ4n) is 2.14. The van der Waals surface area contributed by atoms with E-state index in [1.807, 2.05) is 0 Å². The smallest absolute Gasteiger partial charge is 0.245 e. The number of benzene rings is 2. The first kappa shape index (κ1) is 18.2. The molecular weight excluding hydrogens is 355 g/mol. The SMILES string of the molecule is Cc1c(Cl)cccc1N(CC(=O)Nc1cccc(F)c1)S(C)(=O)=O. The lowest BCUT2D eigenvalue weighted by molar-refractivity contribution is -0.114. The third-order valence-electron chi connectivity index (χ3n) is 3.30. The molecule has 0 aromatic heterocycles. The van der Waals surface area contributed by atoms with Crippen molar-refractivity contribution in [1.29, 1.82) is 0 Å². The molecule has 0 saturated carbocycles. The first-order valence-electron chi connectivity index (χ1n) is 6.97. The molecular formula is C16H16ClFN2O3S. The predicted octanol–water partition coefficient (Wildman–Crippen LogP) is 3.19. The zero-order valence-electron chi connectivity index (χ0n) is 13.1. The van der Waals surface area contributed by atoms with E-state index in [0.29, 0.717) is 16.3 Å². The van der Waals surface area contributed by atoms with Crippen LogP contribution in [0.3, 0.4) is 0 Å². The standard InChI is InChI=1S/C16H16ClFN2O3S/c1-11-14(17)7-4-8-15(11)20(24(2,22)23)10-16(21)19-13-6-3-5-12(18)9-13/h3-9H,10H2,1-2H3,(H,19,21). The maximum atomic E-state index is 13.2. The molecule has 5 nitrogen and oxygen atoms in total. The minimum Gasteiger partial charge on any atom is -0.324 e. The van der Waals surface area contributed by atoms with Crippen molar-refractivity contribution >= 4 is 38.9 Å². The molecule has 0 radical (unpaired) electrons. The fourth-order valence-corrected chi connectivity index (χ4v) is 3.22. The molecule has 2 aromatic rings. The van der Waals surface area contributed by atoms with E-state index in [1.54, 1.807) is 25.1 Å². The first-order valence-corrected chi connectivity index (χ1v) is 9.19. The zero-order chi connectivity index (χ0) is 17.9. The molecule has 0 spiro atoms. The molecule has 0 atom stereocenters. The summed E-state index contributed by atoms with van der Waals surface area (Å²) in [6.07, 6.45) is 1.00. The van der Waals surface area contributed by atoms with Crippen LogP contribution in [0.25, 0.3) is 0 Å². The normalized spacial score (nSPS) is 11.2. The molecule has 128 valence electrons. The molecule has 0 aliphatic heterocycles. The Kier molecular flexibility index (Phi) is 5.46. The van der Waals surface area contributed by atoms with E-state index >= 15 is 0 Å². The average Bonchev–Trinajstić information content (AvgIpc) is 2.47. The highest BCUT2D eigenvalue weighted by Crippen LogP contribution is 2.28. The Labute approximate surface area is 145 Å². The van der Waals surface area contributed by atoms with Crippen molar-refractivity contribution in [3.05, 3.63) is 58.9 Å². The van der Waals surface area contributed by atoms with Crippen molar-refractivity contribution in [1.82, 2.24) is 0 Å². The lowest BCUT2D eigenvalue weighted by Gasteiger charge is -2.24. The quantitative estimate of drug-likeness (QED) is 0.878. The van der Waals surface area contributed by atoms with Gasteiger partial charge in [-0.05, 0) is 42.8 Å². The summed E-state index contributed by atoms with van der Waals surface area (Å²) in [4.78, 5) is 12.2. The molecule has 1 amide bonds. The Morgan fingerprint density at radius 2 is 1.92 bits per heavy atom. The van der Waals surface area contributed by atoms with Crippen molar-refractivity contribution in [2.24, 2.45) is 0 Å². The minimum atomic E-state index is -3.71. The van der Waals surface area contributed by atoms with Crippen LogP contribution >= 0.6 is 11.6 Å². The molecule has 2 aromatic carbocycles. The van der Waals surface area contributed by atoms with E-state index in [9.17, 15) is 17.6 Å². The van der Waals surface area contributed by atoms with Crippen molar-refractivity contribution in [2.45, 2.75) is 6.92 Å². The topological polar surface area (TPSA) is 66.5 Å². The van der Waals surface area contributed by atoms with Crippen LogP contribution in [0.4, 0.5) is 15.8 Å². The van der Waals surface area contributed by atoms with Gasteiger partial charge in [-0.25, -0.2) is 12.8 Å². The second kappa shape index (κ2) is 7.19. The van der Waals surface area contributed by atoms with Gasteiger partial charge in [0.1, 0.15) is 12.4 Å². The summed E-state index contributed by atoms with van der Waals surface area (Å²) in [7, 11) is -3.71. The molecule has 2 rings (SSSR count). The molecule has 24 heavy (non-hydrogen) atoms. The molecule has 0 aliphatic carbocycles. The maximum absolute atomic E-state index is 13.2. The summed E-state index contributed by atoms with van der Waals surface area (Å²) in [6, 6.07) is 10.1. The summed E-state index contributed by atoms with van der Waals surface area (Å²) >= 11 is 6.03. The predicted molar refractivity (Wildman–Crippen MR) is 93.4 cm³/mol. The van der Waals surface area contributed by atoms with Crippen molar-refractivity contribution in [2.75, 3.05) is 22.4 Å². The maximum Gasteiger partial charge on any atom is 0.245 e. The lowest BCUT2D eigenvalue weighted by Crippen LogP contribution is -2.37. The van der Waals surface area contributed by atoms with Gasteiger partial charge in [0.25, 0.3) is 0 Å². The second-order valence-electron chi connectivity index (χ2n) is 5.21.